The molecular weight excluding hydrogens is 258 g/mol. The highest BCUT2D eigenvalue weighted by Crippen LogP contribution is 2.37. The average Bonchev–Trinajstić information content (AvgIpc) is 2.92. The summed E-state index contributed by atoms with van der Waals surface area (Å²) in [5, 5.41) is 3.58. The molecule has 2 heteroatoms. The number of hydrogen-bond acceptors (Lipinski definition) is 2. The van der Waals surface area contributed by atoms with Crippen LogP contribution in [0.3, 0.4) is 0 Å². The summed E-state index contributed by atoms with van der Waals surface area (Å²) in [6.07, 6.45) is 7.46. The molecule has 0 fully saturated rings. The predicted octanol–water partition coefficient (Wildman–Crippen LogP) is 4.88. The van der Waals surface area contributed by atoms with Gasteiger partial charge in [0.1, 0.15) is 5.75 Å². The summed E-state index contributed by atoms with van der Waals surface area (Å²) in [6, 6.07) is 7.09. The third kappa shape index (κ3) is 4.23. The fourth-order valence-corrected chi connectivity index (χ4v) is 3.32. The van der Waals surface area contributed by atoms with Crippen molar-refractivity contribution in [3.05, 3.63) is 29.3 Å². The number of fused-ring (bicyclic) bond motifs is 1. The largest absolute Gasteiger partial charge is 0.493 e. The van der Waals surface area contributed by atoms with Crippen LogP contribution in [0.25, 0.3) is 0 Å². The first-order valence-corrected chi connectivity index (χ1v) is 8.78. The summed E-state index contributed by atoms with van der Waals surface area (Å²) < 4.78 is 6.20. The average molecular weight is 289 g/mol. The van der Waals surface area contributed by atoms with Crippen LogP contribution < -0.4 is 10.1 Å². The van der Waals surface area contributed by atoms with E-state index >= 15 is 0 Å². The summed E-state index contributed by atoms with van der Waals surface area (Å²) in [7, 11) is 0. The fourth-order valence-electron chi connectivity index (χ4n) is 3.32. The topological polar surface area (TPSA) is 21.3 Å². The van der Waals surface area contributed by atoms with Gasteiger partial charge >= 0.3 is 0 Å². The van der Waals surface area contributed by atoms with Crippen molar-refractivity contribution in [3.8, 4) is 5.75 Å². The van der Waals surface area contributed by atoms with Gasteiger partial charge in [0.25, 0.3) is 0 Å². The monoisotopic (exact) mass is 289 g/mol. The van der Waals surface area contributed by atoms with Crippen LogP contribution in [-0.2, 0) is 6.42 Å². The Hall–Kier alpha value is -1.02. The number of nitrogens with one attached hydrogen (secondary N) is 1. The molecule has 0 saturated heterocycles. The van der Waals surface area contributed by atoms with Crippen molar-refractivity contribution in [1.29, 1.82) is 0 Å². The van der Waals surface area contributed by atoms with Gasteiger partial charge in [0.15, 0.2) is 0 Å². The van der Waals surface area contributed by atoms with Crippen LogP contribution in [0.2, 0.25) is 0 Å². The van der Waals surface area contributed by atoms with Gasteiger partial charge in [-0.15, -0.1) is 0 Å². The van der Waals surface area contributed by atoms with Gasteiger partial charge in [0, 0.05) is 6.04 Å². The zero-order valence-corrected chi connectivity index (χ0v) is 14.0. The number of hydrogen-bond donors (Lipinski definition) is 1. The molecule has 2 atom stereocenters. The maximum absolute atomic E-state index is 6.20. The minimum Gasteiger partial charge on any atom is -0.493 e. The zero-order valence-electron chi connectivity index (χ0n) is 14.0. The number of ether oxygens (including phenoxy) is 1. The molecule has 0 spiro atoms. The first-order chi connectivity index (χ1) is 10.3. The highest BCUT2D eigenvalue weighted by molar-refractivity contribution is 5.45. The molecule has 0 heterocycles. The third-order valence-corrected chi connectivity index (χ3v) is 4.70. The van der Waals surface area contributed by atoms with E-state index in [1.807, 2.05) is 0 Å². The van der Waals surface area contributed by atoms with E-state index in [-0.39, 0.29) is 0 Å². The Balaban J connectivity index is 1.98. The van der Waals surface area contributed by atoms with Gasteiger partial charge in [-0.2, -0.15) is 0 Å². The van der Waals surface area contributed by atoms with E-state index in [0.717, 1.165) is 25.3 Å². The van der Waals surface area contributed by atoms with Crippen molar-refractivity contribution in [2.24, 2.45) is 5.92 Å². The van der Waals surface area contributed by atoms with E-state index in [4.69, 9.17) is 4.74 Å². The number of rotatable bonds is 9. The smallest absolute Gasteiger partial charge is 0.122 e. The standard InChI is InChI=1S/C19H31NO/c1-4-7-9-15(5-2)14-21-19-11-8-10-16-17(19)12-13-18(16)20-6-3/h8,10-11,15,18,20H,4-7,9,12-14H2,1-3H3. The molecule has 0 saturated carbocycles. The molecule has 21 heavy (non-hydrogen) atoms. The molecule has 2 unspecified atom stereocenters. The maximum atomic E-state index is 6.20. The molecule has 1 aromatic rings. The minimum absolute atomic E-state index is 0.524. The van der Waals surface area contributed by atoms with E-state index < -0.39 is 0 Å². The second-order valence-electron chi connectivity index (χ2n) is 6.20. The maximum Gasteiger partial charge on any atom is 0.122 e. The molecule has 1 aromatic carbocycles. The van der Waals surface area contributed by atoms with Gasteiger partial charge in [0.05, 0.1) is 6.61 Å². The van der Waals surface area contributed by atoms with Crippen LogP contribution in [0.5, 0.6) is 5.75 Å². The minimum atomic E-state index is 0.524. The number of unbranched alkanes of at least 4 members (excludes halogenated alkanes) is 1. The molecule has 1 aliphatic carbocycles. The lowest BCUT2D eigenvalue weighted by molar-refractivity contribution is 0.231. The first kappa shape index (κ1) is 16.4. The van der Waals surface area contributed by atoms with Crippen LogP contribution >= 0.6 is 0 Å². The Morgan fingerprint density at radius 2 is 2.14 bits per heavy atom. The molecule has 2 nitrogen and oxygen atoms in total. The molecule has 118 valence electrons. The van der Waals surface area contributed by atoms with Gasteiger partial charge in [-0.05, 0) is 48.9 Å². The lowest BCUT2D eigenvalue weighted by Crippen LogP contribution is -2.18. The van der Waals surface area contributed by atoms with Crippen LogP contribution in [0.1, 0.15) is 70.0 Å². The summed E-state index contributed by atoms with van der Waals surface area (Å²) in [4.78, 5) is 0. The molecule has 0 aliphatic heterocycles. The third-order valence-electron chi connectivity index (χ3n) is 4.70. The van der Waals surface area contributed by atoms with Gasteiger partial charge in [-0.25, -0.2) is 0 Å². The molecule has 0 aromatic heterocycles. The zero-order chi connectivity index (χ0) is 15.1. The van der Waals surface area contributed by atoms with E-state index in [1.165, 1.54) is 43.2 Å². The fraction of sp³-hybridized carbons (Fsp3) is 0.684. The molecular formula is C19H31NO. The Bertz CT molecular complexity index is 430. The molecule has 0 amide bonds. The van der Waals surface area contributed by atoms with Crippen LogP contribution in [0.15, 0.2) is 18.2 Å². The van der Waals surface area contributed by atoms with Crippen LogP contribution in [0, 0.1) is 5.92 Å². The van der Waals surface area contributed by atoms with E-state index in [9.17, 15) is 0 Å². The van der Waals surface area contributed by atoms with Gasteiger partial charge in [-0.3, -0.25) is 0 Å². The molecule has 0 radical (unpaired) electrons. The summed E-state index contributed by atoms with van der Waals surface area (Å²) >= 11 is 0. The Kier molecular flexibility index (Phi) is 6.56. The van der Waals surface area contributed by atoms with Crippen molar-refractivity contribution < 1.29 is 4.74 Å². The van der Waals surface area contributed by atoms with Crippen molar-refractivity contribution in [2.45, 2.75) is 65.3 Å². The van der Waals surface area contributed by atoms with Gasteiger partial charge < -0.3 is 10.1 Å². The normalized spacial score (nSPS) is 18.5. The van der Waals surface area contributed by atoms with Gasteiger partial charge in [-0.1, -0.05) is 52.2 Å². The van der Waals surface area contributed by atoms with Crippen molar-refractivity contribution in [3.63, 3.8) is 0 Å². The number of benzene rings is 1. The van der Waals surface area contributed by atoms with Crippen molar-refractivity contribution in [1.82, 2.24) is 5.32 Å². The van der Waals surface area contributed by atoms with E-state index in [1.54, 1.807) is 0 Å². The van der Waals surface area contributed by atoms with E-state index in [2.05, 4.69) is 44.3 Å². The van der Waals surface area contributed by atoms with Crippen LogP contribution in [0.4, 0.5) is 0 Å². The van der Waals surface area contributed by atoms with Gasteiger partial charge in [0.2, 0.25) is 0 Å². The molecule has 0 bridgehead atoms. The lowest BCUT2D eigenvalue weighted by Gasteiger charge is -2.18. The van der Waals surface area contributed by atoms with Crippen molar-refractivity contribution >= 4 is 0 Å². The molecule has 1 N–H and O–H groups in total. The molecule has 2 rings (SSSR count). The van der Waals surface area contributed by atoms with E-state index in [0.29, 0.717) is 12.0 Å². The van der Waals surface area contributed by atoms with Crippen molar-refractivity contribution in [2.75, 3.05) is 13.2 Å². The Morgan fingerprint density at radius 3 is 2.86 bits per heavy atom. The predicted molar refractivity (Wildman–Crippen MR) is 90.0 cm³/mol. The lowest BCUT2D eigenvalue weighted by atomic mass is 10.0. The molecule has 1 aliphatic rings. The highest BCUT2D eigenvalue weighted by atomic mass is 16.5. The summed E-state index contributed by atoms with van der Waals surface area (Å²) in [6.45, 7) is 8.62. The Morgan fingerprint density at radius 1 is 1.29 bits per heavy atom. The highest BCUT2D eigenvalue weighted by Gasteiger charge is 2.24. The summed E-state index contributed by atoms with van der Waals surface area (Å²) in [5.41, 5.74) is 2.89. The Labute approximate surface area is 130 Å². The summed E-state index contributed by atoms with van der Waals surface area (Å²) in [5.74, 6) is 1.83. The van der Waals surface area contributed by atoms with Crippen LogP contribution in [-0.4, -0.2) is 13.2 Å². The quantitative estimate of drug-likeness (QED) is 0.699. The SMILES string of the molecule is CCCCC(CC)COc1cccc2c1CCC2NCC. The second-order valence-corrected chi connectivity index (χ2v) is 6.20. The second kappa shape index (κ2) is 8.43. The first-order valence-electron chi connectivity index (χ1n) is 8.78.